The third kappa shape index (κ3) is 5.28. The Bertz CT molecular complexity index is 245. The van der Waals surface area contributed by atoms with Gasteiger partial charge >= 0.3 is 5.97 Å². The van der Waals surface area contributed by atoms with Crippen molar-refractivity contribution < 1.29 is 14.6 Å². The Labute approximate surface area is 96.9 Å². The first-order valence-corrected chi connectivity index (χ1v) is 5.78. The zero-order chi connectivity index (χ0) is 12.0. The molecule has 0 spiro atoms. The SMILES string of the molecule is C=C(C)CN1CCC(OCCC(=O)O)CC1. The number of hydrogen-bond donors (Lipinski definition) is 1. The van der Waals surface area contributed by atoms with Gasteiger partial charge in [-0.1, -0.05) is 12.2 Å². The highest BCUT2D eigenvalue weighted by molar-refractivity contribution is 5.66. The predicted molar refractivity (Wildman–Crippen MR) is 62.5 cm³/mol. The molecule has 1 saturated heterocycles. The number of carboxylic acid groups (broad SMARTS) is 1. The third-order valence-electron chi connectivity index (χ3n) is 2.70. The topological polar surface area (TPSA) is 49.8 Å². The molecule has 0 bridgehead atoms. The fourth-order valence-corrected chi connectivity index (χ4v) is 1.93. The summed E-state index contributed by atoms with van der Waals surface area (Å²) >= 11 is 0. The molecule has 0 saturated carbocycles. The van der Waals surface area contributed by atoms with E-state index in [0.717, 1.165) is 32.5 Å². The van der Waals surface area contributed by atoms with Crippen LogP contribution in [0.5, 0.6) is 0 Å². The van der Waals surface area contributed by atoms with Gasteiger partial charge in [-0.25, -0.2) is 0 Å². The Balaban J connectivity index is 2.12. The Kier molecular flexibility index (Phi) is 5.49. The highest BCUT2D eigenvalue weighted by Gasteiger charge is 2.19. The van der Waals surface area contributed by atoms with Crippen LogP contribution in [0, 0.1) is 0 Å². The fourth-order valence-electron chi connectivity index (χ4n) is 1.93. The maximum Gasteiger partial charge on any atom is 0.305 e. The molecule has 0 aromatic heterocycles. The minimum atomic E-state index is -0.792. The summed E-state index contributed by atoms with van der Waals surface area (Å²) < 4.78 is 5.52. The van der Waals surface area contributed by atoms with Crippen molar-refractivity contribution in [3.63, 3.8) is 0 Å². The number of aliphatic carboxylic acids is 1. The monoisotopic (exact) mass is 227 g/mol. The number of carboxylic acids is 1. The van der Waals surface area contributed by atoms with Gasteiger partial charge in [0.25, 0.3) is 0 Å². The van der Waals surface area contributed by atoms with Gasteiger partial charge in [-0.05, 0) is 19.8 Å². The average molecular weight is 227 g/mol. The highest BCUT2D eigenvalue weighted by atomic mass is 16.5. The standard InChI is InChI=1S/C12H21NO3/c1-10(2)9-13-6-3-11(4-7-13)16-8-5-12(14)15/h11H,1,3-9H2,2H3,(H,14,15). The molecule has 0 amide bonds. The summed E-state index contributed by atoms with van der Waals surface area (Å²) in [5.74, 6) is -0.792. The molecule has 1 heterocycles. The van der Waals surface area contributed by atoms with Crippen LogP contribution in [0.1, 0.15) is 26.2 Å². The third-order valence-corrected chi connectivity index (χ3v) is 2.70. The number of hydrogen-bond acceptors (Lipinski definition) is 3. The smallest absolute Gasteiger partial charge is 0.305 e. The molecule has 0 unspecified atom stereocenters. The number of ether oxygens (including phenoxy) is 1. The van der Waals surface area contributed by atoms with Crippen molar-refractivity contribution in [2.24, 2.45) is 0 Å². The van der Waals surface area contributed by atoms with Crippen molar-refractivity contribution in [3.8, 4) is 0 Å². The van der Waals surface area contributed by atoms with Crippen LogP contribution in [0.2, 0.25) is 0 Å². The molecular formula is C12H21NO3. The largest absolute Gasteiger partial charge is 0.481 e. The van der Waals surface area contributed by atoms with Crippen molar-refractivity contribution in [1.29, 1.82) is 0 Å². The first-order chi connectivity index (χ1) is 7.58. The lowest BCUT2D eigenvalue weighted by Crippen LogP contribution is -2.38. The molecular weight excluding hydrogens is 206 g/mol. The molecule has 0 radical (unpaired) electrons. The molecule has 92 valence electrons. The van der Waals surface area contributed by atoms with Gasteiger partial charge in [0, 0.05) is 19.6 Å². The van der Waals surface area contributed by atoms with Crippen LogP contribution in [0.25, 0.3) is 0 Å². The lowest BCUT2D eigenvalue weighted by atomic mass is 10.1. The van der Waals surface area contributed by atoms with Crippen LogP contribution >= 0.6 is 0 Å². The van der Waals surface area contributed by atoms with Crippen LogP contribution < -0.4 is 0 Å². The lowest BCUT2D eigenvalue weighted by molar-refractivity contribution is -0.138. The first-order valence-electron chi connectivity index (χ1n) is 5.78. The quantitative estimate of drug-likeness (QED) is 0.699. The van der Waals surface area contributed by atoms with Gasteiger partial charge in [0.15, 0.2) is 0 Å². The van der Waals surface area contributed by atoms with Crippen LogP contribution in [0.4, 0.5) is 0 Å². The minimum absolute atomic E-state index is 0.103. The number of rotatable bonds is 6. The van der Waals surface area contributed by atoms with Gasteiger partial charge in [-0.2, -0.15) is 0 Å². The van der Waals surface area contributed by atoms with Crippen molar-refractivity contribution in [3.05, 3.63) is 12.2 Å². The van der Waals surface area contributed by atoms with Crippen molar-refractivity contribution in [1.82, 2.24) is 4.90 Å². The van der Waals surface area contributed by atoms with Crippen LogP contribution in [0.3, 0.4) is 0 Å². The Morgan fingerprint density at radius 3 is 2.62 bits per heavy atom. The Hall–Kier alpha value is -0.870. The first kappa shape index (κ1) is 13.2. The number of piperidine rings is 1. The summed E-state index contributed by atoms with van der Waals surface area (Å²) in [6.45, 7) is 9.27. The van der Waals surface area contributed by atoms with Gasteiger partial charge in [0.2, 0.25) is 0 Å². The molecule has 0 aromatic carbocycles. The Morgan fingerprint density at radius 2 is 2.12 bits per heavy atom. The molecule has 4 nitrogen and oxygen atoms in total. The van der Waals surface area contributed by atoms with E-state index in [1.807, 2.05) is 6.92 Å². The number of nitrogens with zero attached hydrogens (tertiary/aromatic N) is 1. The molecule has 1 N–H and O–H groups in total. The van der Waals surface area contributed by atoms with Gasteiger partial charge in [0.05, 0.1) is 19.1 Å². The van der Waals surface area contributed by atoms with Gasteiger partial charge in [-0.3, -0.25) is 9.69 Å². The van der Waals surface area contributed by atoms with E-state index in [4.69, 9.17) is 9.84 Å². The van der Waals surface area contributed by atoms with E-state index in [0.29, 0.717) is 6.61 Å². The van der Waals surface area contributed by atoms with E-state index in [2.05, 4.69) is 11.5 Å². The predicted octanol–water partition coefficient (Wildman–Crippen LogP) is 1.52. The van der Waals surface area contributed by atoms with Gasteiger partial charge < -0.3 is 9.84 Å². The van der Waals surface area contributed by atoms with E-state index in [9.17, 15) is 4.79 Å². The lowest BCUT2D eigenvalue weighted by Gasteiger charge is -2.31. The molecule has 1 aliphatic heterocycles. The summed E-state index contributed by atoms with van der Waals surface area (Å²) in [7, 11) is 0. The fraction of sp³-hybridized carbons (Fsp3) is 0.750. The maximum atomic E-state index is 10.3. The van der Waals surface area contributed by atoms with Crippen molar-refractivity contribution in [2.75, 3.05) is 26.2 Å². The average Bonchev–Trinajstić information content (AvgIpc) is 2.19. The van der Waals surface area contributed by atoms with E-state index in [1.165, 1.54) is 5.57 Å². The molecule has 1 aliphatic rings. The normalized spacial score (nSPS) is 18.6. The summed E-state index contributed by atoms with van der Waals surface area (Å²) in [6.07, 6.45) is 2.33. The van der Waals surface area contributed by atoms with E-state index < -0.39 is 5.97 Å². The molecule has 1 rings (SSSR count). The maximum absolute atomic E-state index is 10.3. The van der Waals surface area contributed by atoms with Crippen molar-refractivity contribution in [2.45, 2.75) is 32.3 Å². The molecule has 0 aromatic rings. The summed E-state index contributed by atoms with van der Waals surface area (Å²) in [6, 6.07) is 0. The highest BCUT2D eigenvalue weighted by Crippen LogP contribution is 2.14. The second-order valence-corrected chi connectivity index (χ2v) is 4.45. The molecule has 1 fully saturated rings. The van der Waals surface area contributed by atoms with E-state index in [-0.39, 0.29) is 12.5 Å². The van der Waals surface area contributed by atoms with Crippen LogP contribution in [0.15, 0.2) is 12.2 Å². The van der Waals surface area contributed by atoms with E-state index in [1.54, 1.807) is 0 Å². The molecule has 0 atom stereocenters. The van der Waals surface area contributed by atoms with Crippen LogP contribution in [-0.4, -0.2) is 48.3 Å². The number of likely N-dealkylation sites (tertiary alicyclic amines) is 1. The molecule has 16 heavy (non-hydrogen) atoms. The zero-order valence-electron chi connectivity index (χ0n) is 9.95. The molecule has 0 aliphatic carbocycles. The summed E-state index contributed by atoms with van der Waals surface area (Å²) in [5, 5.41) is 8.49. The second kappa shape index (κ2) is 6.66. The second-order valence-electron chi connectivity index (χ2n) is 4.45. The summed E-state index contributed by atoms with van der Waals surface area (Å²) in [4.78, 5) is 12.7. The van der Waals surface area contributed by atoms with Gasteiger partial charge in [0.1, 0.15) is 0 Å². The Morgan fingerprint density at radius 1 is 1.50 bits per heavy atom. The summed E-state index contributed by atoms with van der Waals surface area (Å²) in [5.41, 5.74) is 1.19. The molecule has 4 heteroatoms. The van der Waals surface area contributed by atoms with Crippen molar-refractivity contribution >= 4 is 5.97 Å². The van der Waals surface area contributed by atoms with Crippen LogP contribution in [-0.2, 0) is 9.53 Å². The zero-order valence-corrected chi connectivity index (χ0v) is 9.95. The van der Waals surface area contributed by atoms with E-state index >= 15 is 0 Å². The van der Waals surface area contributed by atoms with Gasteiger partial charge in [-0.15, -0.1) is 0 Å². The minimum Gasteiger partial charge on any atom is -0.481 e. The number of carbonyl (C=O) groups is 1.